The predicted octanol–water partition coefficient (Wildman–Crippen LogP) is 2.69. The van der Waals surface area contributed by atoms with Crippen LogP contribution >= 0.6 is 0 Å². The summed E-state index contributed by atoms with van der Waals surface area (Å²) in [5.41, 5.74) is 1.96. The smallest absolute Gasteiger partial charge is 0.251 e. The maximum absolute atomic E-state index is 12.4. The van der Waals surface area contributed by atoms with E-state index in [1.165, 1.54) is 5.56 Å². The average Bonchev–Trinajstić information content (AvgIpc) is 3.00. The fourth-order valence-corrected chi connectivity index (χ4v) is 2.32. The Bertz CT molecular complexity index is 575. The van der Waals surface area contributed by atoms with Crippen LogP contribution in [-0.4, -0.2) is 26.9 Å². The summed E-state index contributed by atoms with van der Waals surface area (Å²) in [4.78, 5) is 12.4. The van der Waals surface area contributed by atoms with Gasteiger partial charge in [0.2, 0.25) is 0 Å². The Balaban J connectivity index is 2.01. The zero-order valence-corrected chi connectivity index (χ0v) is 13.5. The Morgan fingerprint density at radius 3 is 2.55 bits per heavy atom. The summed E-state index contributed by atoms with van der Waals surface area (Å²) in [7, 11) is 0. The fraction of sp³-hybridized carbons (Fsp3) is 0.471. The molecule has 1 unspecified atom stereocenters. The van der Waals surface area contributed by atoms with Gasteiger partial charge in [0, 0.05) is 11.8 Å². The number of aryl methyl sites for hydroxylation is 1. The molecule has 0 aliphatic heterocycles. The van der Waals surface area contributed by atoms with Crippen molar-refractivity contribution in [2.75, 3.05) is 0 Å². The first kappa shape index (κ1) is 16.2. The number of nitrogens with one attached hydrogen (secondary N) is 1. The first-order valence-corrected chi connectivity index (χ1v) is 7.84. The number of carbonyl (C=O) groups excluding carboxylic acids is 1. The van der Waals surface area contributed by atoms with Crippen molar-refractivity contribution in [1.29, 1.82) is 0 Å². The normalized spacial score (nSPS) is 12.4. The van der Waals surface area contributed by atoms with Gasteiger partial charge in [0.05, 0.1) is 18.8 Å². The minimum absolute atomic E-state index is 0.0181. The van der Waals surface area contributed by atoms with Crippen molar-refractivity contribution in [2.24, 2.45) is 5.92 Å². The van der Waals surface area contributed by atoms with E-state index in [0.29, 0.717) is 18.0 Å². The van der Waals surface area contributed by atoms with E-state index in [0.717, 1.165) is 12.8 Å². The van der Waals surface area contributed by atoms with Gasteiger partial charge in [-0.1, -0.05) is 44.5 Å². The topological polar surface area (TPSA) is 59.8 Å². The molecule has 1 atom stereocenters. The molecular formula is C17H24N4O. The number of nitrogens with zero attached hydrogens (tertiary/aromatic N) is 3. The van der Waals surface area contributed by atoms with E-state index in [1.807, 2.05) is 24.3 Å². The summed E-state index contributed by atoms with van der Waals surface area (Å²) in [6.45, 7) is 6.95. The second kappa shape index (κ2) is 7.73. The molecule has 2 aromatic rings. The number of rotatable bonds is 7. The van der Waals surface area contributed by atoms with Gasteiger partial charge in [-0.15, -0.1) is 5.10 Å². The van der Waals surface area contributed by atoms with E-state index in [2.05, 4.69) is 36.4 Å². The molecule has 1 heterocycles. The van der Waals surface area contributed by atoms with Crippen molar-refractivity contribution in [3.05, 3.63) is 47.8 Å². The average molecular weight is 300 g/mol. The van der Waals surface area contributed by atoms with Crippen LogP contribution in [0.25, 0.3) is 0 Å². The number of benzene rings is 1. The molecular weight excluding hydrogens is 276 g/mol. The van der Waals surface area contributed by atoms with Gasteiger partial charge >= 0.3 is 0 Å². The molecule has 118 valence electrons. The zero-order chi connectivity index (χ0) is 15.9. The second-order valence-corrected chi connectivity index (χ2v) is 5.90. The third-order valence-corrected chi connectivity index (χ3v) is 3.73. The predicted molar refractivity (Wildman–Crippen MR) is 86.6 cm³/mol. The molecule has 2 rings (SSSR count). The molecule has 1 aromatic heterocycles. The Hall–Kier alpha value is -2.17. The Kier molecular flexibility index (Phi) is 5.69. The van der Waals surface area contributed by atoms with E-state index in [1.54, 1.807) is 17.1 Å². The van der Waals surface area contributed by atoms with Gasteiger partial charge < -0.3 is 5.32 Å². The number of aromatic nitrogens is 3. The summed E-state index contributed by atoms with van der Waals surface area (Å²) in [5.74, 6) is 0.273. The van der Waals surface area contributed by atoms with Crippen molar-refractivity contribution < 1.29 is 4.79 Å². The molecule has 0 fully saturated rings. The van der Waals surface area contributed by atoms with Crippen LogP contribution in [-0.2, 0) is 13.0 Å². The van der Waals surface area contributed by atoms with Crippen molar-refractivity contribution in [3.63, 3.8) is 0 Å². The van der Waals surface area contributed by atoms with E-state index in [4.69, 9.17) is 0 Å². The molecule has 0 bridgehead atoms. The maximum atomic E-state index is 12.4. The highest BCUT2D eigenvalue weighted by molar-refractivity contribution is 5.94. The number of hydrogen-bond acceptors (Lipinski definition) is 3. The number of carbonyl (C=O) groups is 1. The summed E-state index contributed by atoms with van der Waals surface area (Å²) >= 11 is 0. The molecule has 0 aliphatic carbocycles. The third-order valence-electron chi connectivity index (χ3n) is 3.73. The van der Waals surface area contributed by atoms with Gasteiger partial charge in [0.15, 0.2) is 0 Å². The quantitative estimate of drug-likeness (QED) is 0.855. The second-order valence-electron chi connectivity index (χ2n) is 5.90. The molecule has 0 saturated carbocycles. The molecule has 1 amide bonds. The minimum atomic E-state index is -0.0399. The minimum Gasteiger partial charge on any atom is -0.347 e. The largest absolute Gasteiger partial charge is 0.347 e. The van der Waals surface area contributed by atoms with Gasteiger partial charge in [-0.3, -0.25) is 9.48 Å². The molecule has 1 N–H and O–H groups in total. The highest BCUT2D eigenvalue weighted by Crippen LogP contribution is 2.09. The standard InChI is InChI=1S/C17H24N4O/c1-4-5-14-6-8-15(9-7-14)17(22)19-16(13(2)3)12-21-11-10-18-20-21/h6-11,13,16H,4-5,12H2,1-3H3,(H,19,22). The zero-order valence-electron chi connectivity index (χ0n) is 13.5. The molecule has 0 aliphatic rings. The molecule has 5 nitrogen and oxygen atoms in total. The molecule has 0 spiro atoms. The SMILES string of the molecule is CCCc1ccc(C(=O)NC(Cn2ccnn2)C(C)C)cc1. The Labute approximate surface area is 131 Å². The summed E-state index contributed by atoms with van der Waals surface area (Å²) in [6, 6.07) is 7.87. The van der Waals surface area contributed by atoms with E-state index < -0.39 is 0 Å². The Morgan fingerprint density at radius 2 is 2.00 bits per heavy atom. The molecule has 0 saturated heterocycles. The molecule has 0 radical (unpaired) electrons. The summed E-state index contributed by atoms with van der Waals surface area (Å²) in [6.07, 6.45) is 5.61. The van der Waals surface area contributed by atoms with Crippen LogP contribution in [0.1, 0.15) is 43.1 Å². The third kappa shape index (κ3) is 4.41. The lowest BCUT2D eigenvalue weighted by molar-refractivity contribution is 0.0919. The van der Waals surface area contributed by atoms with Crippen molar-refractivity contribution >= 4 is 5.91 Å². The number of hydrogen-bond donors (Lipinski definition) is 1. The first-order valence-electron chi connectivity index (χ1n) is 7.84. The van der Waals surface area contributed by atoms with Crippen molar-refractivity contribution in [1.82, 2.24) is 20.3 Å². The molecule has 5 heteroatoms. The van der Waals surface area contributed by atoms with Gasteiger partial charge in [-0.2, -0.15) is 0 Å². The van der Waals surface area contributed by atoms with Crippen LogP contribution < -0.4 is 5.32 Å². The van der Waals surface area contributed by atoms with E-state index in [9.17, 15) is 4.79 Å². The molecule has 22 heavy (non-hydrogen) atoms. The van der Waals surface area contributed by atoms with Crippen LogP contribution in [0.15, 0.2) is 36.7 Å². The van der Waals surface area contributed by atoms with Crippen LogP contribution in [0.4, 0.5) is 0 Å². The van der Waals surface area contributed by atoms with Crippen LogP contribution in [0.3, 0.4) is 0 Å². The van der Waals surface area contributed by atoms with Crippen molar-refractivity contribution in [2.45, 2.75) is 46.2 Å². The van der Waals surface area contributed by atoms with Crippen LogP contribution in [0, 0.1) is 5.92 Å². The summed E-state index contributed by atoms with van der Waals surface area (Å²) in [5, 5.41) is 10.9. The first-order chi connectivity index (χ1) is 10.6. The Morgan fingerprint density at radius 1 is 1.27 bits per heavy atom. The maximum Gasteiger partial charge on any atom is 0.251 e. The van der Waals surface area contributed by atoms with Crippen LogP contribution in [0.5, 0.6) is 0 Å². The van der Waals surface area contributed by atoms with Crippen LogP contribution in [0.2, 0.25) is 0 Å². The lowest BCUT2D eigenvalue weighted by Gasteiger charge is -2.22. The highest BCUT2D eigenvalue weighted by atomic mass is 16.1. The van der Waals surface area contributed by atoms with E-state index in [-0.39, 0.29) is 11.9 Å². The fourth-order valence-electron chi connectivity index (χ4n) is 2.32. The monoisotopic (exact) mass is 300 g/mol. The van der Waals surface area contributed by atoms with Gasteiger partial charge in [0.25, 0.3) is 5.91 Å². The number of amides is 1. The van der Waals surface area contributed by atoms with E-state index >= 15 is 0 Å². The summed E-state index contributed by atoms with van der Waals surface area (Å²) < 4.78 is 1.75. The van der Waals surface area contributed by atoms with Gasteiger partial charge in [0.1, 0.15) is 0 Å². The van der Waals surface area contributed by atoms with Crippen molar-refractivity contribution in [3.8, 4) is 0 Å². The lowest BCUT2D eigenvalue weighted by atomic mass is 10.0. The highest BCUT2D eigenvalue weighted by Gasteiger charge is 2.18. The lowest BCUT2D eigenvalue weighted by Crippen LogP contribution is -2.41. The van der Waals surface area contributed by atoms with Gasteiger partial charge in [-0.25, -0.2) is 0 Å². The van der Waals surface area contributed by atoms with Gasteiger partial charge in [-0.05, 0) is 30.0 Å². The molecule has 1 aromatic carbocycles.